The van der Waals surface area contributed by atoms with E-state index in [-0.39, 0.29) is 0 Å². The van der Waals surface area contributed by atoms with Gasteiger partial charge in [-0.3, -0.25) is 0 Å². The summed E-state index contributed by atoms with van der Waals surface area (Å²) in [6.45, 7) is 6.13. The van der Waals surface area contributed by atoms with Crippen molar-refractivity contribution in [1.82, 2.24) is 25.1 Å². The van der Waals surface area contributed by atoms with Crippen molar-refractivity contribution in [3.05, 3.63) is 11.6 Å². The lowest BCUT2D eigenvalue weighted by Gasteiger charge is -1.98. The highest BCUT2D eigenvalue weighted by Gasteiger charge is 2.16. The Kier molecular flexibility index (Phi) is 5.41. The van der Waals surface area contributed by atoms with E-state index in [0.29, 0.717) is 11.8 Å². The Balaban J connectivity index is 1.98. The molecule has 0 aliphatic heterocycles. The maximum absolute atomic E-state index is 5.66. The zero-order valence-corrected chi connectivity index (χ0v) is 12.2. The van der Waals surface area contributed by atoms with Crippen LogP contribution >= 0.6 is 11.5 Å². The molecule has 2 aromatic heterocycles. The third-order valence-electron chi connectivity index (χ3n) is 2.65. The SMILES string of the molecule is CCCNCCc1nnc(-c2snnc2CCC)o1. The summed E-state index contributed by atoms with van der Waals surface area (Å²) >= 11 is 1.31. The van der Waals surface area contributed by atoms with Crippen LogP contribution in [-0.2, 0) is 12.8 Å². The van der Waals surface area contributed by atoms with Gasteiger partial charge in [-0.1, -0.05) is 24.8 Å². The molecule has 6 nitrogen and oxygen atoms in total. The van der Waals surface area contributed by atoms with Crippen LogP contribution in [0, 0.1) is 0 Å². The summed E-state index contributed by atoms with van der Waals surface area (Å²) in [6.07, 6.45) is 3.80. The van der Waals surface area contributed by atoms with Crippen molar-refractivity contribution in [3.8, 4) is 10.8 Å². The summed E-state index contributed by atoms with van der Waals surface area (Å²) < 4.78 is 9.63. The van der Waals surface area contributed by atoms with Crippen molar-refractivity contribution in [2.45, 2.75) is 39.5 Å². The molecule has 2 aromatic rings. The van der Waals surface area contributed by atoms with Crippen LogP contribution in [0.15, 0.2) is 4.42 Å². The zero-order valence-electron chi connectivity index (χ0n) is 11.3. The van der Waals surface area contributed by atoms with Crippen LogP contribution in [0.5, 0.6) is 0 Å². The Morgan fingerprint density at radius 1 is 1.05 bits per heavy atom. The second kappa shape index (κ2) is 7.30. The third-order valence-corrected chi connectivity index (χ3v) is 3.40. The van der Waals surface area contributed by atoms with Gasteiger partial charge >= 0.3 is 0 Å². The van der Waals surface area contributed by atoms with Crippen LogP contribution in [0.25, 0.3) is 10.8 Å². The van der Waals surface area contributed by atoms with Gasteiger partial charge in [0.1, 0.15) is 4.88 Å². The molecule has 0 unspecified atom stereocenters. The van der Waals surface area contributed by atoms with Crippen LogP contribution in [0.1, 0.15) is 38.3 Å². The fourth-order valence-electron chi connectivity index (χ4n) is 1.71. The van der Waals surface area contributed by atoms with Gasteiger partial charge in [0.2, 0.25) is 5.89 Å². The predicted molar refractivity (Wildman–Crippen MR) is 74.1 cm³/mol. The van der Waals surface area contributed by atoms with Gasteiger partial charge in [0.25, 0.3) is 5.89 Å². The van der Waals surface area contributed by atoms with Crippen molar-refractivity contribution < 1.29 is 4.42 Å². The van der Waals surface area contributed by atoms with Gasteiger partial charge in [0, 0.05) is 13.0 Å². The number of hydrogen-bond donors (Lipinski definition) is 1. The molecule has 0 fully saturated rings. The Morgan fingerprint density at radius 2 is 1.95 bits per heavy atom. The average Bonchev–Trinajstić information content (AvgIpc) is 3.04. The van der Waals surface area contributed by atoms with Crippen LogP contribution in [0.3, 0.4) is 0 Å². The van der Waals surface area contributed by atoms with Crippen LogP contribution < -0.4 is 5.32 Å². The second-order valence-electron chi connectivity index (χ2n) is 4.30. The van der Waals surface area contributed by atoms with Crippen LogP contribution in [0.2, 0.25) is 0 Å². The minimum atomic E-state index is 0.545. The number of hydrogen-bond acceptors (Lipinski definition) is 7. The number of aryl methyl sites for hydroxylation is 1. The molecule has 0 aromatic carbocycles. The minimum Gasteiger partial charge on any atom is -0.420 e. The number of nitrogens with zero attached hydrogens (tertiary/aromatic N) is 4. The number of nitrogens with one attached hydrogen (secondary N) is 1. The van der Waals surface area contributed by atoms with Crippen molar-refractivity contribution in [2.24, 2.45) is 0 Å². The van der Waals surface area contributed by atoms with E-state index in [9.17, 15) is 0 Å². The van der Waals surface area contributed by atoms with Crippen molar-refractivity contribution in [3.63, 3.8) is 0 Å². The van der Waals surface area contributed by atoms with E-state index in [2.05, 4.69) is 38.9 Å². The fourth-order valence-corrected chi connectivity index (χ4v) is 2.34. The smallest absolute Gasteiger partial charge is 0.261 e. The first-order chi connectivity index (χ1) is 9.35. The molecular weight excluding hydrogens is 262 g/mol. The Bertz CT molecular complexity index is 496. The number of rotatable bonds is 8. The van der Waals surface area contributed by atoms with E-state index in [1.165, 1.54) is 11.5 Å². The Morgan fingerprint density at radius 3 is 2.74 bits per heavy atom. The molecule has 0 spiro atoms. The van der Waals surface area contributed by atoms with E-state index in [4.69, 9.17) is 4.42 Å². The largest absolute Gasteiger partial charge is 0.420 e. The Hall–Kier alpha value is -1.34. The van der Waals surface area contributed by atoms with Gasteiger partial charge in [0.05, 0.1) is 5.69 Å². The lowest BCUT2D eigenvalue weighted by Crippen LogP contribution is -2.17. The van der Waals surface area contributed by atoms with Gasteiger partial charge in [-0.15, -0.1) is 15.3 Å². The normalized spacial score (nSPS) is 11.1. The van der Waals surface area contributed by atoms with Gasteiger partial charge in [0.15, 0.2) is 0 Å². The summed E-state index contributed by atoms with van der Waals surface area (Å²) in [5.74, 6) is 1.21. The molecule has 0 aliphatic rings. The van der Waals surface area contributed by atoms with Crippen molar-refractivity contribution >= 4 is 11.5 Å². The van der Waals surface area contributed by atoms with Crippen molar-refractivity contribution in [1.29, 1.82) is 0 Å². The zero-order chi connectivity index (χ0) is 13.5. The topological polar surface area (TPSA) is 76.7 Å². The molecule has 0 saturated carbocycles. The van der Waals surface area contributed by atoms with Crippen LogP contribution in [0.4, 0.5) is 0 Å². The second-order valence-corrected chi connectivity index (χ2v) is 5.05. The lowest BCUT2D eigenvalue weighted by atomic mass is 10.2. The molecule has 0 radical (unpaired) electrons. The minimum absolute atomic E-state index is 0.545. The standard InChI is InChI=1S/C12H19N5OS/c1-3-5-9-11(19-17-14-9)12-16-15-10(18-12)6-8-13-7-4-2/h13H,3-8H2,1-2H3. The lowest BCUT2D eigenvalue weighted by molar-refractivity contribution is 0.494. The molecule has 0 atom stereocenters. The summed E-state index contributed by atoms with van der Waals surface area (Å²) in [5, 5.41) is 15.6. The van der Waals surface area contributed by atoms with E-state index in [1.54, 1.807) is 0 Å². The first-order valence-corrected chi connectivity index (χ1v) is 7.47. The predicted octanol–water partition coefficient (Wildman–Crippen LogP) is 2.08. The molecule has 2 rings (SSSR count). The highest BCUT2D eigenvalue weighted by molar-refractivity contribution is 7.09. The van der Waals surface area contributed by atoms with Crippen molar-refractivity contribution in [2.75, 3.05) is 13.1 Å². The molecule has 19 heavy (non-hydrogen) atoms. The molecule has 0 aliphatic carbocycles. The highest BCUT2D eigenvalue weighted by atomic mass is 32.1. The first kappa shape index (κ1) is 14.1. The van der Waals surface area contributed by atoms with Gasteiger partial charge in [-0.05, 0) is 30.9 Å². The van der Waals surface area contributed by atoms with E-state index >= 15 is 0 Å². The summed E-state index contributed by atoms with van der Waals surface area (Å²) in [5.41, 5.74) is 0.951. The average molecular weight is 281 g/mol. The molecule has 0 bridgehead atoms. The molecule has 7 heteroatoms. The Labute approximate surface area is 116 Å². The first-order valence-electron chi connectivity index (χ1n) is 6.69. The molecule has 1 N–H and O–H groups in total. The highest BCUT2D eigenvalue weighted by Crippen LogP contribution is 2.25. The van der Waals surface area contributed by atoms with E-state index in [0.717, 1.165) is 49.3 Å². The molecule has 104 valence electrons. The maximum Gasteiger partial charge on any atom is 0.261 e. The van der Waals surface area contributed by atoms with Crippen LogP contribution in [-0.4, -0.2) is 32.9 Å². The summed E-state index contributed by atoms with van der Waals surface area (Å²) in [7, 11) is 0. The number of aromatic nitrogens is 4. The maximum atomic E-state index is 5.66. The summed E-state index contributed by atoms with van der Waals surface area (Å²) in [4.78, 5) is 0.905. The quantitative estimate of drug-likeness (QED) is 0.747. The molecule has 0 saturated heterocycles. The van der Waals surface area contributed by atoms with E-state index < -0.39 is 0 Å². The van der Waals surface area contributed by atoms with E-state index in [1.807, 2.05) is 0 Å². The molecular formula is C12H19N5OS. The van der Waals surface area contributed by atoms with Gasteiger partial charge < -0.3 is 9.73 Å². The molecule has 2 heterocycles. The summed E-state index contributed by atoms with van der Waals surface area (Å²) in [6, 6.07) is 0. The fraction of sp³-hybridized carbons (Fsp3) is 0.667. The van der Waals surface area contributed by atoms with Gasteiger partial charge in [-0.25, -0.2) is 0 Å². The van der Waals surface area contributed by atoms with Gasteiger partial charge in [-0.2, -0.15) is 0 Å². The molecule has 0 amide bonds. The monoisotopic (exact) mass is 281 g/mol. The third kappa shape index (κ3) is 3.81.